The molecule has 1 fully saturated rings. The van der Waals surface area contributed by atoms with Crippen LogP contribution in [-0.2, 0) is 30.8 Å². The predicted octanol–water partition coefficient (Wildman–Crippen LogP) is -0.0183. The third-order valence-electron chi connectivity index (χ3n) is 3.92. The number of β-lactam (4-membered cyclic amide) rings is 1. The van der Waals surface area contributed by atoms with Gasteiger partial charge in [0.05, 0.1) is 12.7 Å². The number of thiazole rings is 1. The maximum absolute atomic E-state index is 12.4. The Morgan fingerprint density at radius 1 is 1.50 bits per heavy atom. The summed E-state index contributed by atoms with van der Waals surface area (Å²) in [6.07, 6.45) is 3.71. The van der Waals surface area contributed by atoms with Crippen LogP contribution in [0.2, 0.25) is 0 Å². The monoisotopic (exact) mass is 444 g/mol. The molecule has 3 rings (SSSR count). The summed E-state index contributed by atoms with van der Waals surface area (Å²) in [6.45, 7) is 3.57. The number of fused-ring (bicyclic) bond motifs is 1. The summed E-state index contributed by atoms with van der Waals surface area (Å²) in [5, 5.41) is 11.6. The molecule has 3 heterocycles. The van der Waals surface area contributed by atoms with Crippen molar-refractivity contribution in [1.29, 1.82) is 0 Å². The van der Waals surface area contributed by atoms with E-state index in [1.165, 1.54) is 28.9 Å². The molecule has 10 nitrogen and oxygen atoms in total. The summed E-state index contributed by atoms with van der Waals surface area (Å²) in [5.74, 6) is -1.77. The summed E-state index contributed by atoms with van der Waals surface area (Å²) >= 11 is 2.36. The van der Waals surface area contributed by atoms with Crippen LogP contribution in [0.3, 0.4) is 0 Å². The molecule has 2 aliphatic heterocycles. The molecule has 1 unspecified atom stereocenters. The molecule has 13 heteroatoms. The van der Waals surface area contributed by atoms with Crippen molar-refractivity contribution in [2.24, 2.45) is 0 Å². The number of hydrogen-bond acceptors (Lipinski definition) is 8. The zero-order chi connectivity index (χ0) is 20.6. The van der Waals surface area contributed by atoms with Crippen LogP contribution in [0.5, 0.6) is 0 Å². The van der Waals surface area contributed by atoms with Crippen LogP contribution in [0.1, 0.15) is 4.88 Å². The first-order chi connectivity index (χ1) is 13.1. The van der Waals surface area contributed by atoms with Gasteiger partial charge < -0.3 is 10.4 Å². The van der Waals surface area contributed by atoms with E-state index in [4.69, 9.17) is 0 Å². The van der Waals surface area contributed by atoms with Crippen LogP contribution in [-0.4, -0.2) is 64.6 Å². The number of nitrogens with one attached hydrogen (secondary N) is 2. The van der Waals surface area contributed by atoms with Crippen molar-refractivity contribution in [2.75, 3.05) is 16.7 Å². The predicted molar refractivity (Wildman–Crippen MR) is 104 cm³/mol. The molecule has 0 radical (unpaired) electrons. The zero-order valence-corrected chi connectivity index (χ0v) is 17.0. The Hall–Kier alpha value is -2.38. The average Bonchev–Trinajstić information content (AvgIpc) is 3.02. The van der Waals surface area contributed by atoms with Crippen LogP contribution in [0.25, 0.3) is 0 Å². The van der Waals surface area contributed by atoms with E-state index in [0.717, 1.165) is 17.6 Å². The van der Waals surface area contributed by atoms with E-state index in [0.29, 0.717) is 16.2 Å². The number of rotatable bonds is 7. The van der Waals surface area contributed by atoms with Gasteiger partial charge in [0.15, 0.2) is 5.13 Å². The summed E-state index contributed by atoms with van der Waals surface area (Å²) < 4.78 is 24.6. The standard InChI is InChI=1S/C15H16N4O6S3/c1-3-7-6-26-13-10(12(21)19(13)11(7)14(22)23)17-9(20)4-8-5-16-15(27-8)18-28(2,24)25/h3,5,10,13H,1,4,6H2,2H3,(H,16,18)(H,17,20)(H,22,23)/t10?,13-/m1/s1. The fourth-order valence-electron chi connectivity index (χ4n) is 2.78. The second-order valence-electron chi connectivity index (χ2n) is 6.02. The topological polar surface area (TPSA) is 146 Å². The molecule has 3 N–H and O–H groups in total. The average molecular weight is 445 g/mol. The van der Waals surface area contributed by atoms with Gasteiger partial charge in [-0.1, -0.05) is 12.7 Å². The van der Waals surface area contributed by atoms with Crippen LogP contribution in [0.4, 0.5) is 5.13 Å². The lowest BCUT2D eigenvalue weighted by Gasteiger charge is -2.49. The highest BCUT2D eigenvalue weighted by Crippen LogP contribution is 2.40. The lowest BCUT2D eigenvalue weighted by molar-refractivity contribution is -0.150. The molecule has 2 atom stereocenters. The zero-order valence-electron chi connectivity index (χ0n) is 14.5. The van der Waals surface area contributed by atoms with Crippen LogP contribution >= 0.6 is 23.1 Å². The first-order valence-corrected chi connectivity index (χ1v) is 11.6. The number of anilines is 1. The maximum Gasteiger partial charge on any atom is 0.352 e. The highest BCUT2D eigenvalue weighted by molar-refractivity contribution is 8.00. The van der Waals surface area contributed by atoms with Crippen molar-refractivity contribution in [3.8, 4) is 0 Å². The Morgan fingerprint density at radius 2 is 2.21 bits per heavy atom. The van der Waals surface area contributed by atoms with Gasteiger partial charge in [0.25, 0.3) is 5.91 Å². The lowest BCUT2D eigenvalue weighted by atomic mass is 10.0. The largest absolute Gasteiger partial charge is 0.477 e. The van der Waals surface area contributed by atoms with Gasteiger partial charge in [-0.15, -0.1) is 23.1 Å². The van der Waals surface area contributed by atoms with Crippen molar-refractivity contribution in [2.45, 2.75) is 17.8 Å². The Balaban J connectivity index is 1.64. The van der Waals surface area contributed by atoms with Crippen molar-refractivity contribution in [3.05, 3.63) is 35.0 Å². The lowest BCUT2D eigenvalue weighted by Crippen LogP contribution is -2.70. The number of amides is 2. The van der Waals surface area contributed by atoms with Crippen LogP contribution in [0.15, 0.2) is 30.1 Å². The fraction of sp³-hybridized carbons (Fsp3) is 0.333. The minimum atomic E-state index is -3.46. The van der Waals surface area contributed by atoms with E-state index in [2.05, 4.69) is 21.6 Å². The summed E-state index contributed by atoms with van der Waals surface area (Å²) in [7, 11) is -3.46. The number of allylic oxidation sites excluding steroid dienone is 1. The molecule has 28 heavy (non-hydrogen) atoms. The van der Waals surface area contributed by atoms with Crippen molar-refractivity contribution >= 4 is 56.0 Å². The number of thioether (sulfide) groups is 1. The smallest absolute Gasteiger partial charge is 0.352 e. The Bertz CT molecular complexity index is 999. The van der Waals surface area contributed by atoms with Gasteiger partial charge in [0.2, 0.25) is 15.9 Å². The third-order valence-corrected chi connectivity index (χ3v) is 6.83. The number of carbonyl (C=O) groups excluding carboxylic acids is 2. The summed E-state index contributed by atoms with van der Waals surface area (Å²) in [5.41, 5.74) is 0.357. The Labute approximate surface area is 168 Å². The first-order valence-electron chi connectivity index (χ1n) is 7.86. The Morgan fingerprint density at radius 3 is 2.82 bits per heavy atom. The van der Waals surface area contributed by atoms with E-state index in [9.17, 15) is 27.9 Å². The van der Waals surface area contributed by atoms with Gasteiger partial charge in [-0.2, -0.15) is 0 Å². The third kappa shape index (κ3) is 4.05. The van der Waals surface area contributed by atoms with E-state index >= 15 is 0 Å². The van der Waals surface area contributed by atoms with Gasteiger partial charge in [-0.05, 0) is 5.57 Å². The first kappa shape index (κ1) is 20.4. The second-order valence-corrected chi connectivity index (χ2v) is 9.99. The number of hydrogen-bond donors (Lipinski definition) is 3. The molecule has 1 aromatic heterocycles. The molecule has 0 saturated carbocycles. The minimum Gasteiger partial charge on any atom is -0.477 e. The molecule has 0 spiro atoms. The SMILES string of the molecule is C=CC1=C(C(=O)O)N2C(=O)C(NC(=O)Cc3cnc(NS(C)(=O)=O)s3)[C@H]2SC1. The number of carboxylic acid groups (broad SMARTS) is 1. The molecule has 0 aliphatic carbocycles. The quantitative estimate of drug-likeness (QED) is 0.498. The summed E-state index contributed by atoms with van der Waals surface area (Å²) in [6, 6.07) is -0.820. The Kier molecular flexibility index (Phi) is 5.50. The highest BCUT2D eigenvalue weighted by atomic mass is 32.2. The van der Waals surface area contributed by atoms with Crippen molar-refractivity contribution in [1.82, 2.24) is 15.2 Å². The van der Waals surface area contributed by atoms with Gasteiger partial charge >= 0.3 is 5.97 Å². The van der Waals surface area contributed by atoms with E-state index in [-0.39, 0.29) is 17.2 Å². The van der Waals surface area contributed by atoms with Gasteiger partial charge in [-0.25, -0.2) is 18.2 Å². The molecular formula is C15H16N4O6S3. The van der Waals surface area contributed by atoms with Gasteiger partial charge in [-0.3, -0.25) is 19.2 Å². The number of carboxylic acids is 1. The van der Waals surface area contributed by atoms with E-state index in [1.54, 1.807) is 0 Å². The van der Waals surface area contributed by atoms with E-state index in [1.807, 2.05) is 0 Å². The number of carbonyl (C=O) groups is 3. The number of sulfonamides is 1. The molecular weight excluding hydrogens is 428 g/mol. The fourth-order valence-corrected chi connectivity index (χ4v) is 5.77. The van der Waals surface area contributed by atoms with Gasteiger partial charge in [0, 0.05) is 16.8 Å². The number of aromatic nitrogens is 1. The molecule has 1 saturated heterocycles. The molecule has 0 aromatic carbocycles. The normalized spacial score (nSPS) is 21.6. The van der Waals surface area contributed by atoms with E-state index < -0.39 is 39.2 Å². The highest BCUT2D eigenvalue weighted by Gasteiger charge is 2.53. The second kappa shape index (κ2) is 7.56. The molecule has 1 aromatic rings. The van der Waals surface area contributed by atoms with Gasteiger partial charge in [0.1, 0.15) is 17.1 Å². The molecule has 0 bridgehead atoms. The van der Waals surface area contributed by atoms with Crippen molar-refractivity contribution in [3.63, 3.8) is 0 Å². The minimum absolute atomic E-state index is 0.0796. The number of aliphatic carboxylic acids is 1. The summed E-state index contributed by atoms with van der Waals surface area (Å²) in [4.78, 5) is 41.7. The molecule has 2 amide bonds. The number of nitrogens with zero attached hydrogens (tertiary/aromatic N) is 2. The van der Waals surface area contributed by atoms with Crippen molar-refractivity contribution < 1.29 is 27.9 Å². The van der Waals surface area contributed by atoms with Crippen LogP contribution in [0, 0.1) is 0 Å². The molecule has 150 valence electrons. The molecule has 2 aliphatic rings. The maximum atomic E-state index is 12.4. The van der Waals surface area contributed by atoms with Crippen LogP contribution < -0.4 is 10.0 Å².